The number of rotatable bonds is 7. The first kappa shape index (κ1) is 22.5. The van der Waals surface area contributed by atoms with Gasteiger partial charge in [-0.3, -0.25) is 9.79 Å². The lowest BCUT2D eigenvalue weighted by molar-refractivity contribution is -0.137. The first-order valence-electron chi connectivity index (χ1n) is 10.9. The van der Waals surface area contributed by atoms with Gasteiger partial charge in [-0.15, -0.1) is 0 Å². The second-order valence-corrected chi connectivity index (χ2v) is 10.4. The van der Waals surface area contributed by atoms with Gasteiger partial charge < -0.3 is 9.80 Å². The maximum atomic E-state index is 12.6. The van der Waals surface area contributed by atoms with Crippen LogP contribution in [0.15, 0.2) is 46.6 Å². The third-order valence-corrected chi connectivity index (χ3v) is 7.36. The molecule has 0 unspecified atom stereocenters. The van der Waals surface area contributed by atoms with Crippen LogP contribution >= 0.6 is 0 Å². The van der Waals surface area contributed by atoms with Crippen molar-refractivity contribution < 1.29 is 13.2 Å². The molecule has 0 radical (unpaired) electrons. The van der Waals surface area contributed by atoms with Crippen LogP contribution < -0.4 is 0 Å². The maximum absolute atomic E-state index is 12.6. The Morgan fingerprint density at radius 1 is 1.13 bits per heavy atom. The van der Waals surface area contributed by atoms with Gasteiger partial charge >= 0.3 is 0 Å². The minimum Gasteiger partial charge on any atom is -0.370 e. The Morgan fingerprint density at radius 2 is 1.77 bits per heavy atom. The number of hydrogen-bond acceptors (Lipinski definition) is 5. The van der Waals surface area contributed by atoms with Crippen molar-refractivity contribution in [1.82, 2.24) is 9.80 Å². The summed E-state index contributed by atoms with van der Waals surface area (Å²) >= 11 is 0. The average molecular weight is 432 g/mol. The second-order valence-electron chi connectivity index (χ2n) is 8.38. The summed E-state index contributed by atoms with van der Waals surface area (Å²) in [5, 5.41) is 0. The van der Waals surface area contributed by atoms with E-state index in [0.717, 1.165) is 56.6 Å². The molecule has 2 aliphatic rings. The highest BCUT2D eigenvalue weighted by molar-refractivity contribution is 7.90. The molecule has 0 N–H and O–H groups in total. The van der Waals surface area contributed by atoms with Crippen LogP contribution in [0.3, 0.4) is 0 Å². The number of carbonyl (C=O) groups excluding carboxylic acids is 1. The fraction of sp³-hybridized carbons (Fsp3) is 0.565. The summed E-state index contributed by atoms with van der Waals surface area (Å²) in [7, 11) is -3.19. The van der Waals surface area contributed by atoms with E-state index in [2.05, 4.69) is 28.6 Å². The zero-order valence-electron chi connectivity index (χ0n) is 18.3. The predicted octanol–water partition coefficient (Wildman–Crippen LogP) is 3.34. The van der Waals surface area contributed by atoms with Gasteiger partial charge in [-0.2, -0.15) is 0 Å². The van der Waals surface area contributed by atoms with Crippen molar-refractivity contribution in [2.24, 2.45) is 16.8 Å². The van der Waals surface area contributed by atoms with Crippen LogP contribution in [-0.4, -0.2) is 62.3 Å². The molecule has 0 aliphatic carbocycles. The monoisotopic (exact) mass is 431 g/mol. The first-order valence-corrected chi connectivity index (χ1v) is 12.8. The highest BCUT2D eigenvalue weighted by Crippen LogP contribution is 2.23. The van der Waals surface area contributed by atoms with Crippen LogP contribution in [0.1, 0.15) is 45.1 Å². The molecular weight excluding hydrogens is 398 g/mol. The maximum Gasteiger partial charge on any atom is 0.225 e. The van der Waals surface area contributed by atoms with E-state index in [-0.39, 0.29) is 5.92 Å². The average Bonchev–Trinajstić information content (AvgIpc) is 2.75. The molecule has 0 saturated carbocycles. The Bertz CT molecular complexity index is 894. The lowest BCUT2D eigenvalue weighted by Crippen LogP contribution is -2.44. The number of nitrogens with zero attached hydrogens (tertiary/aromatic N) is 3. The van der Waals surface area contributed by atoms with Crippen LogP contribution in [0.5, 0.6) is 0 Å². The van der Waals surface area contributed by atoms with E-state index in [0.29, 0.717) is 23.3 Å². The first-order chi connectivity index (χ1) is 14.3. The lowest BCUT2D eigenvalue weighted by Gasteiger charge is -2.36. The highest BCUT2D eigenvalue weighted by atomic mass is 32.2. The molecule has 1 saturated heterocycles. The van der Waals surface area contributed by atoms with E-state index in [1.807, 2.05) is 24.5 Å². The third-order valence-electron chi connectivity index (χ3n) is 6.23. The number of amides is 1. The van der Waals surface area contributed by atoms with Crippen molar-refractivity contribution in [3.05, 3.63) is 42.2 Å². The smallest absolute Gasteiger partial charge is 0.225 e. The molecule has 0 spiro atoms. The van der Waals surface area contributed by atoms with Gasteiger partial charge in [0.1, 0.15) is 0 Å². The molecule has 1 fully saturated rings. The summed E-state index contributed by atoms with van der Waals surface area (Å²) in [6.07, 6.45) is 8.96. The van der Waals surface area contributed by atoms with Crippen LogP contribution in [0.2, 0.25) is 0 Å². The van der Waals surface area contributed by atoms with Crippen molar-refractivity contribution in [1.29, 1.82) is 0 Å². The zero-order valence-corrected chi connectivity index (χ0v) is 19.1. The Morgan fingerprint density at radius 3 is 2.33 bits per heavy atom. The van der Waals surface area contributed by atoms with Gasteiger partial charge in [0.2, 0.25) is 5.91 Å². The molecule has 2 aliphatic heterocycles. The Labute approximate surface area is 180 Å². The summed E-state index contributed by atoms with van der Waals surface area (Å²) in [4.78, 5) is 21.7. The van der Waals surface area contributed by atoms with Gasteiger partial charge in [-0.1, -0.05) is 26.0 Å². The number of aliphatic imine (C=N–C) groups is 1. The lowest BCUT2D eigenvalue weighted by atomic mass is 9.93. The Balaban J connectivity index is 1.53. The third kappa shape index (κ3) is 5.50. The van der Waals surface area contributed by atoms with E-state index < -0.39 is 9.84 Å². The fourth-order valence-corrected chi connectivity index (χ4v) is 4.88. The molecule has 0 atom stereocenters. The summed E-state index contributed by atoms with van der Waals surface area (Å²) in [6, 6.07) is 6.94. The van der Waals surface area contributed by atoms with Crippen LogP contribution in [0.4, 0.5) is 0 Å². The molecule has 1 aromatic rings. The van der Waals surface area contributed by atoms with Crippen molar-refractivity contribution in [2.45, 2.75) is 44.4 Å². The van der Waals surface area contributed by atoms with Crippen molar-refractivity contribution in [3.8, 4) is 0 Å². The van der Waals surface area contributed by atoms with Gasteiger partial charge in [0, 0.05) is 44.2 Å². The number of carbonyl (C=O) groups is 1. The number of piperidine rings is 1. The van der Waals surface area contributed by atoms with E-state index in [1.165, 1.54) is 6.26 Å². The number of sulfone groups is 1. The van der Waals surface area contributed by atoms with Gasteiger partial charge in [-0.05, 0) is 49.3 Å². The summed E-state index contributed by atoms with van der Waals surface area (Å²) < 4.78 is 23.3. The SMILES string of the molecule is CCC(CC)C(=O)N1CCC(CN2C=CN=C(c3ccc(S(C)(=O)=O)cc3)C2)CC1. The molecule has 164 valence electrons. The number of benzene rings is 1. The van der Waals surface area contributed by atoms with E-state index in [4.69, 9.17) is 0 Å². The van der Waals surface area contributed by atoms with Crippen LogP contribution in [0, 0.1) is 11.8 Å². The van der Waals surface area contributed by atoms with Gasteiger partial charge in [0.05, 0.1) is 17.2 Å². The summed E-state index contributed by atoms with van der Waals surface area (Å²) in [5.74, 6) is 1.05. The quantitative estimate of drug-likeness (QED) is 0.664. The molecule has 1 amide bonds. The van der Waals surface area contributed by atoms with Crippen LogP contribution in [-0.2, 0) is 14.6 Å². The minimum atomic E-state index is -3.19. The Kier molecular flexibility index (Phi) is 7.34. The standard InChI is InChI=1S/C23H33N3O3S/c1-4-19(5-2)23(27)26-13-10-18(11-14-26)16-25-15-12-24-22(17-25)20-6-8-21(9-7-20)30(3,28)29/h6-9,12,15,18-19H,4-5,10-11,13-14,16-17H2,1-3H3. The van der Waals surface area contributed by atoms with Crippen molar-refractivity contribution >= 4 is 21.5 Å². The molecule has 1 aromatic carbocycles. The summed E-state index contributed by atoms with van der Waals surface area (Å²) in [6.45, 7) is 7.55. The molecule has 0 bridgehead atoms. The topological polar surface area (TPSA) is 70.1 Å². The highest BCUT2D eigenvalue weighted by Gasteiger charge is 2.27. The van der Waals surface area contributed by atoms with Gasteiger partial charge in [-0.25, -0.2) is 8.42 Å². The summed E-state index contributed by atoms with van der Waals surface area (Å²) in [5.41, 5.74) is 1.89. The van der Waals surface area contributed by atoms with Crippen LogP contribution in [0.25, 0.3) is 0 Å². The Hall–Kier alpha value is -2.15. The van der Waals surface area contributed by atoms with Crippen molar-refractivity contribution in [2.75, 3.05) is 32.4 Å². The van der Waals surface area contributed by atoms with Crippen molar-refractivity contribution in [3.63, 3.8) is 0 Å². The zero-order chi connectivity index (χ0) is 21.7. The molecule has 3 rings (SSSR count). The molecule has 6 nitrogen and oxygen atoms in total. The second kappa shape index (κ2) is 9.77. The minimum absolute atomic E-state index is 0.166. The molecular formula is C23H33N3O3S. The number of likely N-dealkylation sites (tertiary alicyclic amines) is 1. The molecule has 2 heterocycles. The largest absolute Gasteiger partial charge is 0.370 e. The predicted molar refractivity (Wildman–Crippen MR) is 120 cm³/mol. The molecule has 0 aromatic heterocycles. The van der Waals surface area contributed by atoms with E-state index in [1.54, 1.807) is 12.1 Å². The van der Waals surface area contributed by atoms with Gasteiger partial charge in [0.15, 0.2) is 9.84 Å². The normalized spacial score (nSPS) is 18.1. The molecule has 7 heteroatoms. The number of hydrogen-bond donors (Lipinski definition) is 0. The van der Waals surface area contributed by atoms with Gasteiger partial charge in [0.25, 0.3) is 0 Å². The van der Waals surface area contributed by atoms with E-state index in [9.17, 15) is 13.2 Å². The fourth-order valence-electron chi connectivity index (χ4n) is 4.25. The molecule has 30 heavy (non-hydrogen) atoms. The van der Waals surface area contributed by atoms with E-state index >= 15 is 0 Å².